The van der Waals surface area contributed by atoms with E-state index in [0.29, 0.717) is 6.04 Å². The smallest absolute Gasteiger partial charge is 0.0518 e. The minimum atomic E-state index is 0.191. The van der Waals surface area contributed by atoms with Crippen molar-refractivity contribution >= 4 is 10.9 Å². The Bertz CT molecular complexity index is 484. The zero-order valence-electron chi connectivity index (χ0n) is 10.1. The molecule has 0 saturated carbocycles. The van der Waals surface area contributed by atoms with Crippen LogP contribution in [-0.4, -0.2) is 16.3 Å². The van der Waals surface area contributed by atoms with Gasteiger partial charge in [-0.05, 0) is 30.9 Å². The van der Waals surface area contributed by atoms with Crippen LogP contribution >= 0.6 is 0 Å². The van der Waals surface area contributed by atoms with E-state index in [2.05, 4.69) is 55.8 Å². The first-order valence-corrected chi connectivity index (χ1v) is 5.85. The van der Waals surface area contributed by atoms with Gasteiger partial charge in [-0.25, -0.2) is 0 Å². The van der Waals surface area contributed by atoms with Gasteiger partial charge in [-0.15, -0.1) is 0 Å². The molecule has 1 aromatic carbocycles. The van der Waals surface area contributed by atoms with Gasteiger partial charge in [0.2, 0.25) is 0 Å². The topological polar surface area (TPSA) is 25.2 Å². The standard InChI is InChI=1S/C14H19NO/c1-10(2)15-8-7-12-5-4-6-13(14(12)15)11(3)9-16/h4-8,10-11,16H,9H2,1-3H3. The second-order valence-corrected chi connectivity index (χ2v) is 4.69. The number of para-hydroxylation sites is 1. The highest BCUT2D eigenvalue weighted by atomic mass is 16.3. The van der Waals surface area contributed by atoms with Crippen molar-refractivity contribution in [3.05, 3.63) is 36.0 Å². The zero-order valence-corrected chi connectivity index (χ0v) is 10.1. The number of aromatic nitrogens is 1. The summed E-state index contributed by atoms with van der Waals surface area (Å²) in [6.07, 6.45) is 2.13. The number of rotatable bonds is 3. The predicted octanol–water partition coefficient (Wildman–Crippen LogP) is 3.32. The summed E-state index contributed by atoms with van der Waals surface area (Å²) in [4.78, 5) is 0. The van der Waals surface area contributed by atoms with Crippen molar-refractivity contribution in [1.82, 2.24) is 4.57 Å². The molecule has 1 aromatic heterocycles. The number of benzene rings is 1. The summed E-state index contributed by atoms with van der Waals surface area (Å²) in [6.45, 7) is 6.62. The van der Waals surface area contributed by atoms with Gasteiger partial charge in [0.1, 0.15) is 0 Å². The summed E-state index contributed by atoms with van der Waals surface area (Å²) < 4.78 is 2.27. The van der Waals surface area contributed by atoms with E-state index in [1.807, 2.05) is 0 Å². The molecule has 0 amide bonds. The first-order chi connectivity index (χ1) is 7.65. The fourth-order valence-corrected chi connectivity index (χ4v) is 2.17. The lowest BCUT2D eigenvalue weighted by atomic mass is 9.99. The molecule has 1 unspecified atom stereocenters. The van der Waals surface area contributed by atoms with E-state index in [9.17, 15) is 5.11 Å². The molecule has 2 aromatic rings. The van der Waals surface area contributed by atoms with E-state index in [1.54, 1.807) is 0 Å². The molecule has 2 rings (SSSR count). The fourth-order valence-electron chi connectivity index (χ4n) is 2.17. The SMILES string of the molecule is CC(CO)c1cccc2ccn(C(C)C)c12. The Kier molecular flexibility index (Phi) is 3.01. The summed E-state index contributed by atoms with van der Waals surface area (Å²) in [7, 11) is 0. The van der Waals surface area contributed by atoms with Gasteiger partial charge in [0.15, 0.2) is 0 Å². The Morgan fingerprint density at radius 2 is 1.94 bits per heavy atom. The summed E-state index contributed by atoms with van der Waals surface area (Å²) in [5.74, 6) is 0.191. The van der Waals surface area contributed by atoms with Crippen LogP contribution < -0.4 is 0 Å². The maximum absolute atomic E-state index is 9.31. The first-order valence-electron chi connectivity index (χ1n) is 5.85. The summed E-state index contributed by atoms with van der Waals surface area (Å²) >= 11 is 0. The van der Waals surface area contributed by atoms with E-state index in [4.69, 9.17) is 0 Å². The molecule has 86 valence electrons. The molecule has 16 heavy (non-hydrogen) atoms. The highest BCUT2D eigenvalue weighted by Crippen LogP contribution is 2.28. The summed E-state index contributed by atoms with van der Waals surface area (Å²) in [5.41, 5.74) is 2.50. The third kappa shape index (κ3) is 1.74. The Morgan fingerprint density at radius 3 is 2.56 bits per heavy atom. The second kappa shape index (κ2) is 4.30. The van der Waals surface area contributed by atoms with Gasteiger partial charge in [-0.2, -0.15) is 0 Å². The molecule has 2 heteroatoms. The molecule has 0 aliphatic rings. The predicted molar refractivity (Wildman–Crippen MR) is 67.8 cm³/mol. The number of nitrogens with zero attached hydrogens (tertiary/aromatic N) is 1. The van der Waals surface area contributed by atoms with Gasteiger partial charge in [-0.3, -0.25) is 0 Å². The number of hydrogen-bond acceptors (Lipinski definition) is 1. The lowest BCUT2D eigenvalue weighted by molar-refractivity contribution is 0.273. The first kappa shape index (κ1) is 11.2. The molecule has 0 bridgehead atoms. The van der Waals surface area contributed by atoms with Crippen molar-refractivity contribution in [3.8, 4) is 0 Å². The molecule has 1 heterocycles. The Labute approximate surface area is 96.5 Å². The lowest BCUT2D eigenvalue weighted by Crippen LogP contribution is -2.05. The van der Waals surface area contributed by atoms with Gasteiger partial charge >= 0.3 is 0 Å². The van der Waals surface area contributed by atoms with Crippen molar-refractivity contribution in [2.24, 2.45) is 0 Å². The van der Waals surface area contributed by atoms with Crippen LogP contribution in [0.1, 0.15) is 38.3 Å². The van der Waals surface area contributed by atoms with Crippen molar-refractivity contribution in [2.75, 3.05) is 6.61 Å². The molecule has 2 nitrogen and oxygen atoms in total. The lowest BCUT2D eigenvalue weighted by Gasteiger charge is -2.16. The average molecular weight is 217 g/mol. The van der Waals surface area contributed by atoms with Gasteiger partial charge in [0, 0.05) is 24.8 Å². The number of aliphatic hydroxyl groups excluding tert-OH is 1. The highest BCUT2D eigenvalue weighted by Gasteiger charge is 2.12. The van der Waals surface area contributed by atoms with Crippen LogP contribution in [0.3, 0.4) is 0 Å². The van der Waals surface area contributed by atoms with E-state index in [1.165, 1.54) is 16.5 Å². The molecule has 0 saturated heterocycles. The fraction of sp³-hybridized carbons (Fsp3) is 0.429. The van der Waals surface area contributed by atoms with Crippen LogP contribution in [0.15, 0.2) is 30.5 Å². The van der Waals surface area contributed by atoms with Crippen LogP contribution in [0.5, 0.6) is 0 Å². The van der Waals surface area contributed by atoms with Crippen LogP contribution in [0.4, 0.5) is 0 Å². The minimum Gasteiger partial charge on any atom is -0.396 e. The van der Waals surface area contributed by atoms with E-state index < -0.39 is 0 Å². The van der Waals surface area contributed by atoms with Gasteiger partial charge in [-0.1, -0.05) is 25.1 Å². The molecular formula is C14H19NO. The molecular weight excluding hydrogens is 198 g/mol. The van der Waals surface area contributed by atoms with Crippen molar-refractivity contribution < 1.29 is 5.11 Å². The Balaban J connectivity index is 2.68. The van der Waals surface area contributed by atoms with Crippen LogP contribution in [0.2, 0.25) is 0 Å². The van der Waals surface area contributed by atoms with Crippen LogP contribution in [0.25, 0.3) is 10.9 Å². The minimum absolute atomic E-state index is 0.191. The number of hydrogen-bond donors (Lipinski definition) is 1. The van der Waals surface area contributed by atoms with Crippen molar-refractivity contribution in [3.63, 3.8) is 0 Å². The third-order valence-electron chi connectivity index (χ3n) is 3.13. The second-order valence-electron chi connectivity index (χ2n) is 4.69. The quantitative estimate of drug-likeness (QED) is 0.838. The Hall–Kier alpha value is -1.28. The summed E-state index contributed by atoms with van der Waals surface area (Å²) in [5, 5.41) is 10.6. The maximum atomic E-state index is 9.31. The number of fused-ring (bicyclic) bond motifs is 1. The zero-order chi connectivity index (χ0) is 11.7. The molecule has 0 aliphatic heterocycles. The molecule has 1 atom stereocenters. The monoisotopic (exact) mass is 217 g/mol. The molecule has 1 N–H and O–H groups in total. The van der Waals surface area contributed by atoms with Crippen molar-refractivity contribution in [1.29, 1.82) is 0 Å². The Morgan fingerprint density at radius 1 is 1.19 bits per heavy atom. The third-order valence-corrected chi connectivity index (χ3v) is 3.13. The van der Waals surface area contributed by atoms with E-state index in [0.717, 1.165) is 0 Å². The van der Waals surface area contributed by atoms with E-state index >= 15 is 0 Å². The van der Waals surface area contributed by atoms with Gasteiger partial charge in [0.25, 0.3) is 0 Å². The molecule has 0 fully saturated rings. The molecule has 0 radical (unpaired) electrons. The average Bonchev–Trinajstić information content (AvgIpc) is 2.71. The van der Waals surface area contributed by atoms with Crippen molar-refractivity contribution in [2.45, 2.75) is 32.7 Å². The van der Waals surface area contributed by atoms with Crippen LogP contribution in [0, 0.1) is 0 Å². The molecule has 0 aliphatic carbocycles. The van der Waals surface area contributed by atoms with E-state index in [-0.39, 0.29) is 12.5 Å². The largest absolute Gasteiger partial charge is 0.396 e. The summed E-state index contributed by atoms with van der Waals surface area (Å²) in [6, 6.07) is 8.89. The number of aliphatic hydroxyl groups is 1. The van der Waals surface area contributed by atoms with Crippen LogP contribution in [-0.2, 0) is 0 Å². The van der Waals surface area contributed by atoms with Gasteiger partial charge < -0.3 is 9.67 Å². The van der Waals surface area contributed by atoms with Gasteiger partial charge in [0.05, 0.1) is 5.52 Å². The maximum Gasteiger partial charge on any atom is 0.0518 e. The molecule has 0 spiro atoms. The highest BCUT2D eigenvalue weighted by molar-refractivity contribution is 5.84. The normalized spacial score (nSPS) is 13.6.